The molecule has 1 aliphatic rings. The molecule has 3 rings (SSSR count). The van der Waals surface area contributed by atoms with E-state index in [0.717, 1.165) is 11.3 Å². The van der Waals surface area contributed by atoms with Crippen molar-refractivity contribution in [2.45, 2.75) is 26.1 Å². The second-order valence-corrected chi connectivity index (χ2v) is 4.62. The highest BCUT2D eigenvalue weighted by atomic mass is 16.2. The summed E-state index contributed by atoms with van der Waals surface area (Å²) in [6.45, 7) is 3.20. The van der Waals surface area contributed by atoms with Crippen molar-refractivity contribution in [1.82, 2.24) is 14.7 Å². The Kier molecular flexibility index (Phi) is 2.63. The summed E-state index contributed by atoms with van der Waals surface area (Å²) in [6, 6.07) is 11.8. The maximum absolute atomic E-state index is 12.3. The number of carbonyl (C=O) groups excluding carboxylic acids is 1. The molecule has 0 N–H and O–H groups in total. The fourth-order valence-corrected chi connectivity index (χ4v) is 2.40. The van der Waals surface area contributed by atoms with Gasteiger partial charge in [-0.2, -0.15) is 5.10 Å². The zero-order valence-electron chi connectivity index (χ0n) is 10.3. The predicted octanol–water partition coefficient (Wildman–Crippen LogP) is 1.99. The Balaban J connectivity index is 1.85. The van der Waals surface area contributed by atoms with Crippen LogP contribution in [0.1, 0.15) is 24.2 Å². The number of benzene rings is 1. The van der Waals surface area contributed by atoms with E-state index in [2.05, 4.69) is 5.10 Å². The molecule has 0 radical (unpaired) electrons. The van der Waals surface area contributed by atoms with Gasteiger partial charge in [-0.05, 0) is 18.6 Å². The molecular formula is C14H15N3O. The highest BCUT2D eigenvalue weighted by molar-refractivity contribution is 5.81. The number of nitrogens with zero attached hydrogens (tertiary/aromatic N) is 3. The molecule has 1 aromatic heterocycles. The van der Waals surface area contributed by atoms with E-state index in [-0.39, 0.29) is 11.9 Å². The third kappa shape index (κ3) is 1.79. The van der Waals surface area contributed by atoms with Gasteiger partial charge in [0.25, 0.3) is 0 Å². The van der Waals surface area contributed by atoms with Crippen LogP contribution in [0.3, 0.4) is 0 Å². The maximum Gasteiger partial charge on any atom is 0.247 e. The first-order valence-electron chi connectivity index (χ1n) is 6.11. The lowest BCUT2D eigenvalue weighted by molar-refractivity contribution is -0.137. The van der Waals surface area contributed by atoms with E-state index in [1.807, 2.05) is 52.9 Å². The summed E-state index contributed by atoms with van der Waals surface area (Å²) in [5, 5.41) is 4.20. The van der Waals surface area contributed by atoms with E-state index in [4.69, 9.17) is 0 Å². The molecule has 4 nitrogen and oxygen atoms in total. The second kappa shape index (κ2) is 4.29. The molecule has 1 unspecified atom stereocenters. The normalized spacial score (nSPS) is 18.8. The molecule has 1 atom stereocenters. The number of amides is 1. The number of aromatic nitrogens is 2. The maximum atomic E-state index is 12.3. The Labute approximate surface area is 106 Å². The lowest BCUT2D eigenvalue weighted by atomic mass is 10.1. The van der Waals surface area contributed by atoms with E-state index in [1.54, 1.807) is 6.20 Å². The van der Waals surface area contributed by atoms with E-state index in [0.29, 0.717) is 13.1 Å². The van der Waals surface area contributed by atoms with Crippen LogP contribution in [0.4, 0.5) is 0 Å². The van der Waals surface area contributed by atoms with Crippen molar-refractivity contribution in [2.24, 2.45) is 0 Å². The molecule has 0 aliphatic carbocycles. The van der Waals surface area contributed by atoms with Crippen LogP contribution in [0.5, 0.6) is 0 Å². The van der Waals surface area contributed by atoms with Gasteiger partial charge in [0.15, 0.2) is 0 Å². The minimum absolute atomic E-state index is 0.134. The zero-order chi connectivity index (χ0) is 12.5. The number of hydrogen-bond donors (Lipinski definition) is 0. The van der Waals surface area contributed by atoms with Crippen molar-refractivity contribution in [3.8, 4) is 0 Å². The van der Waals surface area contributed by atoms with Crippen LogP contribution in [-0.4, -0.2) is 20.6 Å². The van der Waals surface area contributed by atoms with Gasteiger partial charge in [-0.25, -0.2) is 0 Å². The molecular weight excluding hydrogens is 226 g/mol. The van der Waals surface area contributed by atoms with E-state index in [9.17, 15) is 4.79 Å². The predicted molar refractivity (Wildman–Crippen MR) is 67.6 cm³/mol. The molecule has 1 aromatic carbocycles. The average Bonchev–Trinajstić information content (AvgIpc) is 2.85. The van der Waals surface area contributed by atoms with Crippen LogP contribution in [0.25, 0.3) is 0 Å². The smallest absolute Gasteiger partial charge is 0.247 e. The Bertz CT molecular complexity index is 561. The number of rotatable bonds is 2. The van der Waals surface area contributed by atoms with Gasteiger partial charge in [0.2, 0.25) is 5.91 Å². The Morgan fingerprint density at radius 3 is 2.83 bits per heavy atom. The van der Waals surface area contributed by atoms with Crippen molar-refractivity contribution >= 4 is 5.91 Å². The van der Waals surface area contributed by atoms with Gasteiger partial charge in [0.1, 0.15) is 6.04 Å². The summed E-state index contributed by atoms with van der Waals surface area (Å²) in [5.74, 6) is 0.134. The van der Waals surface area contributed by atoms with Gasteiger partial charge in [0.05, 0.1) is 12.2 Å². The quantitative estimate of drug-likeness (QED) is 0.806. The Hall–Kier alpha value is -2.10. The molecule has 1 aliphatic heterocycles. The second-order valence-electron chi connectivity index (χ2n) is 4.62. The summed E-state index contributed by atoms with van der Waals surface area (Å²) >= 11 is 0. The van der Waals surface area contributed by atoms with Crippen molar-refractivity contribution in [3.63, 3.8) is 0 Å². The first-order chi connectivity index (χ1) is 8.75. The molecule has 0 saturated heterocycles. The Morgan fingerprint density at radius 1 is 1.28 bits per heavy atom. The van der Waals surface area contributed by atoms with Gasteiger partial charge in [-0.15, -0.1) is 0 Å². The van der Waals surface area contributed by atoms with Crippen LogP contribution in [0.15, 0.2) is 42.6 Å². The minimum atomic E-state index is -0.201. The van der Waals surface area contributed by atoms with Gasteiger partial charge >= 0.3 is 0 Å². The van der Waals surface area contributed by atoms with Gasteiger partial charge in [0, 0.05) is 12.7 Å². The third-order valence-corrected chi connectivity index (χ3v) is 3.36. The summed E-state index contributed by atoms with van der Waals surface area (Å²) < 4.78 is 1.81. The lowest BCUT2D eigenvalue weighted by Crippen LogP contribution is -2.41. The van der Waals surface area contributed by atoms with Crippen LogP contribution >= 0.6 is 0 Å². The number of fused-ring (bicyclic) bond motifs is 1. The highest BCUT2D eigenvalue weighted by Crippen LogP contribution is 2.22. The van der Waals surface area contributed by atoms with Crippen molar-refractivity contribution in [3.05, 3.63) is 53.9 Å². The zero-order valence-corrected chi connectivity index (χ0v) is 10.3. The van der Waals surface area contributed by atoms with Gasteiger partial charge in [-0.3, -0.25) is 9.48 Å². The van der Waals surface area contributed by atoms with Crippen LogP contribution < -0.4 is 0 Å². The summed E-state index contributed by atoms with van der Waals surface area (Å²) in [7, 11) is 0. The fourth-order valence-electron chi connectivity index (χ4n) is 2.40. The topological polar surface area (TPSA) is 38.1 Å². The molecule has 18 heavy (non-hydrogen) atoms. The van der Waals surface area contributed by atoms with Crippen LogP contribution in [-0.2, 0) is 17.9 Å². The SMILES string of the molecule is CC1C(=O)N(Cc2ccccc2)Cc2ccnn21. The minimum Gasteiger partial charge on any atom is -0.331 e. The summed E-state index contributed by atoms with van der Waals surface area (Å²) in [6.07, 6.45) is 1.76. The average molecular weight is 241 g/mol. The molecule has 2 heterocycles. The summed E-state index contributed by atoms with van der Waals surface area (Å²) in [4.78, 5) is 14.1. The molecule has 2 aromatic rings. The first-order valence-corrected chi connectivity index (χ1v) is 6.11. The van der Waals surface area contributed by atoms with Crippen molar-refractivity contribution in [1.29, 1.82) is 0 Å². The molecule has 0 fully saturated rings. The molecule has 0 bridgehead atoms. The summed E-state index contributed by atoms with van der Waals surface area (Å²) in [5.41, 5.74) is 2.25. The fraction of sp³-hybridized carbons (Fsp3) is 0.286. The van der Waals surface area contributed by atoms with Crippen LogP contribution in [0, 0.1) is 0 Å². The van der Waals surface area contributed by atoms with E-state index >= 15 is 0 Å². The molecule has 0 spiro atoms. The highest BCUT2D eigenvalue weighted by Gasteiger charge is 2.29. The first kappa shape index (κ1) is 11.0. The standard InChI is InChI=1S/C14H15N3O/c1-11-14(18)16(9-12-5-3-2-4-6-12)10-13-7-8-15-17(11)13/h2-8,11H,9-10H2,1H3. The molecule has 1 amide bonds. The van der Waals surface area contributed by atoms with Gasteiger partial charge < -0.3 is 4.90 Å². The van der Waals surface area contributed by atoms with Crippen molar-refractivity contribution < 1.29 is 4.79 Å². The van der Waals surface area contributed by atoms with Crippen molar-refractivity contribution in [2.75, 3.05) is 0 Å². The van der Waals surface area contributed by atoms with Crippen LogP contribution in [0.2, 0.25) is 0 Å². The molecule has 0 saturated carbocycles. The van der Waals surface area contributed by atoms with Gasteiger partial charge in [-0.1, -0.05) is 30.3 Å². The molecule has 92 valence electrons. The van der Waals surface area contributed by atoms with E-state index in [1.165, 1.54) is 0 Å². The largest absolute Gasteiger partial charge is 0.331 e. The Morgan fingerprint density at radius 2 is 2.06 bits per heavy atom. The number of carbonyl (C=O) groups is 1. The van der Waals surface area contributed by atoms with E-state index < -0.39 is 0 Å². The molecule has 4 heteroatoms. The third-order valence-electron chi connectivity index (χ3n) is 3.36. The number of hydrogen-bond acceptors (Lipinski definition) is 2. The lowest BCUT2D eigenvalue weighted by Gasteiger charge is -2.31. The monoisotopic (exact) mass is 241 g/mol.